The van der Waals surface area contributed by atoms with E-state index in [1.54, 1.807) is 7.11 Å². The van der Waals surface area contributed by atoms with Crippen LogP contribution in [0.1, 0.15) is 36.6 Å². The number of hydrogen-bond donors (Lipinski definition) is 0. The first-order chi connectivity index (χ1) is 12.7. The van der Waals surface area contributed by atoms with Crippen molar-refractivity contribution < 1.29 is 9.53 Å². The molecule has 2 aromatic rings. The third kappa shape index (κ3) is 3.01. The van der Waals surface area contributed by atoms with Crippen LogP contribution in [0, 0.1) is 0 Å². The largest absolute Gasteiger partial charge is 0.497 e. The number of aliphatic imine (C=N–C) groups is 1. The first kappa shape index (κ1) is 16.5. The minimum Gasteiger partial charge on any atom is -0.497 e. The third-order valence-electron chi connectivity index (χ3n) is 4.91. The van der Waals surface area contributed by atoms with Gasteiger partial charge in [-0.05, 0) is 43.2 Å². The topological polar surface area (TPSA) is 54.8 Å². The van der Waals surface area contributed by atoms with Gasteiger partial charge in [-0.1, -0.05) is 24.3 Å². The molecule has 0 N–H and O–H groups in total. The van der Waals surface area contributed by atoms with Gasteiger partial charge in [0.15, 0.2) is 0 Å². The standard InChI is InChI=1S/C21H21N3O2/c1-14-3-12-20(25)24(14)19-11-7-16-13-22-18(21(16)23-19)10-6-15-4-8-17(26-2)9-5-15/h4-11,14H,3,12-13H2,1-2H3/b10-6+/t14-/m0/s1. The van der Waals surface area contributed by atoms with Crippen LogP contribution in [0.5, 0.6) is 5.75 Å². The quantitative estimate of drug-likeness (QED) is 0.849. The van der Waals surface area contributed by atoms with Gasteiger partial charge in [0, 0.05) is 18.0 Å². The highest BCUT2D eigenvalue weighted by Gasteiger charge is 2.30. The number of carbonyl (C=O) groups excluding carboxylic acids is 1. The van der Waals surface area contributed by atoms with Crippen LogP contribution >= 0.6 is 0 Å². The SMILES string of the molecule is COc1ccc(/C=C/C2=NCc3ccc(N4C(=O)CC[C@@H]4C)nc32)cc1. The van der Waals surface area contributed by atoms with Gasteiger partial charge in [0.2, 0.25) is 5.91 Å². The van der Waals surface area contributed by atoms with Gasteiger partial charge in [0.25, 0.3) is 0 Å². The van der Waals surface area contributed by atoms with E-state index in [0.717, 1.165) is 40.5 Å². The number of nitrogens with zero attached hydrogens (tertiary/aromatic N) is 3. The normalized spacial score (nSPS) is 19.2. The summed E-state index contributed by atoms with van der Waals surface area (Å²) >= 11 is 0. The Labute approximate surface area is 153 Å². The number of benzene rings is 1. The highest BCUT2D eigenvalue weighted by Crippen LogP contribution is 2.28. The Kier molecular flexibility index (Phi) is 4.29. The number of rotatable bonds is 4. The number of fused-ring (bicyclic) bond motifs is 1. The average molecular weight is 347 g/mol. The summed E-state index contributed by atoms with van der Waals surface area (Å²) in [5, 5.41) is 0. The van der Waals surface area contributed by atoms with E-state index >= 15 is 0 Å². The Balaban J connectivity index is 1.59. The number of anilines is 1. The molecule has 1 aromatic heterocycles. The van der Waals surface area contributed by atoms with E-state index in [-0.39, 0.29) is 11.9 Å². The zero-order valence-corrected chi connectivity index (χ0v) is 15.0. The number of allylic oxidation sites excluding steroid dienone is 1. The molecule has 2 aliphatic heterocycles. The van der Waals surface area contributed by atoms with Crippen molar-refractivity contribution in [2.75, 3.05) is 12.0 Å². The van der Waals surface area contributed by atoms with Crippen LogP contribution in [0.2, 0.25) is 0 Å². The number of ether oxygens (including phenoxy) is 1. The maximum atomic E-state index is 12.2. The summed E-state index contributed by atoms with van der Waals surface area (Å²) in [6, 6.07) is 12.0. The number of methoxy groups -OCH3 is 1. The lowest BCUT2D eigenvalue weighted by atomic mass is 10.1. The predicted octanol–water partition coefficient (Wildman–Crippen LogP) is 3.62. The van der Waals surface area contributed by atoms with Gasteiger partial charge in [-0.3, -0.25) is 14.7 Å². The second-order valence-electron chi connectivity index (χ2n) is 6.64. The Hall–Kier alpha value is -2.95. The first-order valence-corrected chi connectivity index (χ1v) is 8.84. The number of amides is 1. The summed E-state index contributed by atoms with van der Waals surface area (Å²) in [5.74, 6) is 1.71. The first-order valence-electron chi connectivity index (χ1n) is 8.84. The molecule has 1 aromatic carbocycles. The fraction of sp³-hybridized carbons (Fsp3) is 0.286. The third-order valence-corrected chi connectivity index (χ3v) is 4.91. The lowest BCUT2D eigenvalue weighted by molar-refractivity contribution is -0.117. The van der Waals surface area contributed by atoms with E-state index < -0.39 is 0 Å². The highest BCUT2D eigenvalue weighted by atomic mass is 16.5. The van der Waals surface area contributed by atoms with E-state index in [2.05, 4.69) is 11.9 Å². The van der Waals surface area contributed by atoms with Gasteiger partial charge in [-0.15, -0.1) is 0 Å². The van der Waals surface area contributed by atoms with Gasteiger partial charge >= 0.3 is 0 Å². The molecular formula is C21H21N3O2. The summed E-state index contributed by atoms with van der Waals surface area (Å²) in [7, 11) is 1.66. The monoisotopic (exact) mass is 347 g/mol. The van der Waals surface area contributed by atoms with Gasteiger partial charge in [0.05, 0.1) is 25.1 Å². The van der Waals surface area contributed by atoms with Crippen molar-refractivity contribution in [2.24, 2.45) is 4.99 Å². The molecule has 0 saturated carbocycles. The van der Waals surface area contributed by atoms with Gasteiger partial charge in [-0.25, -0.2) is 4.98 Å². The molecule has 2 aliphatic rings. The lowest BCUT2D eigenvalue weighted by Gasteiger charge is -2.21. The average Bonchev–Trinajstić information content (AvgIpc) is 3.22. The van der Waals surface area contributed by atoms with Crippen LogP contribution in [0.4, 0.5) is 5.82 Å². The fourth-order valence-electron chi connectivity index (χ4n) is 3.41. The van der Waals surface area contributed by atoms with E-state index in [9.17, 15) is 4.79 Å². The van der Waals surface area contributed by atoms with Crippen LogP contribution in [0.3, 0.4) is 0 Å². The molecule has 0 radical (unpaired) electrons. The molecule has 5 nitrogen and oxygen atoms in total. The highest BCUT2D eigenvalue weighted by molar-refractivity contribution is 6.12. The Morgan fingerprint density at radius 1 is 1.15 bits per heavy atom. The molecule has 4 rings (SSSR count). The molecular weight excluding hydrogens is 326 g/mol. The summed E-state index contributed by atoms with van der Waals surface area (Å²) in [5.41, 5.74) is 3.90. The van der Waals surface area contributed by atoms with Crippen molar-refractivity contribution in [1.82, 2.24) is 4.98 Å². The predicted molar refractivity (Wildman–Crippen MR) is 103 cm³/mol. The second kappa shape index (κ2) is 6.75. The maximum absolute atomic E-state index is 12.2. The van der Waals surface area contributed by atoms with Gasteiger partial charge < -0.3 is 4.74 Å². The molecule has 1 saturated heterocycles. The van der Waals surface area contributed by atoms with Crippen LogP contribution < -0.4 is 9.64 Å². The van der Waals surface area contributed by atoms with Crippen LogP contribution in [-0.2, 0) is 11.3 Å². The summed E-state index contributed by atoms with van der Waals surface area (Å²) in [6.45, 7) is 2.70. The summed E-state index contributed by atoms with van der Waals surface area (Å²) < 4.78 is 5.18. The van der Waals surface area contributed by atoms with Crippen molar-refractivity contribution in [3.8, 4) is 5.75 Å². The van der Waals surface area contributed by atoms with Crippen molar-refractivity contribution in [2.45, 2.75) is 32.4 Å². The van der Waals surface area contributed by atoms with Gasteiger partial charge in [-0.2, -0.15) is 0 Å². The van der Waals surface area contributed by atoms with E-state index in [4.69, 9.17) is 9.72 Å². The lowest BCUT2D eigenvalue weighted by Crippen LogP contribution is -2.31. The number of aromatic nitrogens is 1. The van der Waals surface area contributed by atoms with E-state index in [1.807, 2.05) is 53.5 Å². The molecule has 3 heterocycles. The van der Waals surface area contributed by atoms with Crippen molar-refractivity contribution in [3.63, 3.8) is 0 Å². The molecule has 5 heteroatoms. The molecule has 1 fully saturated rings. The molecule has 0 bridgehead atoms. The van der Waals surface area contributed by atoms with Crippen molar-refractivity contribution >= 4 is 23.5 Å². The summed E-state index contributed by atoms with van der Waals surface area (Å²) in [6.07, 6.45) is 5.49. The van der Waals surface area contributed by atoms with E-state index in [0.29, 0.717) is 13.0 Å². The minimum atomic E-state index is 0.148. The number of carbonyl (C=O) groups is 1. The molecule has 1 atom stereocenters. The Bertz CT molecular complexity index is 900. The second-order valence-corrected chi connectivity index (χ2v) is 6.64. The Morgan fingerprint density at radius 3 is 2.65 bits per heavy atom. The molecule has 1 amide bonds. The van der Waals surface area contributed by atoms with Crippen LogP contribution in [-0.4, -0.2) is 29.8 Å². The van der Waals surface area contributed by atoms with Gasteiger partial charge in [0.1, 0.15) is 11.6 Å². The minimum absolute atomic E-state index is 0.148. The zero-order chi connectivity index (χ0) is 18.1. The van der Waals surface area contributed by atoms with Crippen LogP contribution in [0.25, 0.3) is 6.08 Å². The molecule has 0 aliphatic carbocycles. The molecule has 0 unspecified atom stereocenters. The summed E-state index contributed by atoms with van der Waals surface area (Å²) in [4.78, 5) is 23.3. The number of pyridine rings is 1. The molecule has 132 valence electrons. The fourth-order valence-corrected chi connectivity index (χ4v) is 3.41. The smallest absolute Gasteiger partial charge is 0.228 e. The maximum Gasteiger partial charge on any atom is 0.228 e. The van der Waals surface area contributed by atoms with Crippen LogP contribution in [0.15, 0.2) is 47.5 Å². The van der Waals surface area contributed by atoms with Crippen molar-refractivity contribution in [3.05, 3.63) is 59.3 Å². The Morgan fingerprint density at radius 2 is 1.96 bits per heavy atom. The number of hydrogen-bond acceptors (Lipinski definition) is 4. The zero-order valence-electron chi connectivity index (χ0n) is 15.0. The molecule has 26 heavy (non-hydrogen) atoms. The van der Waals surface area contributed by atoms with E-state index in [1.165, 1.54) is 0 Å². The molecule has 0 spiro atoms. The van der Waals surface area contributed by atoms with Crippen molar-refractivity contribution in [1.29, 1.82) is 0 Å².